The molecule has 3 heteroatoms. The molecule has 0 amide bonds. The van der Waals surface area contributed by atoms with Crippen molar-refractivity contribution in [1.82, 2.24) is 0 Å². The lowest BCUT2D eigenvalue weighted by molar-refractivity contribution is -0.125. The Kier molecular flexibility index (Phi) is 30.3. The molecule has 0 radical (unpaired) electrons. The maximum atomic E-state index is 12.3. The Hall–Kier alpha value is -0.990. The van der Waals surface area contributed by atoms with Gasteiger partial charge in [-0.05, 0) is 199 Å². The van der Waals surface area contributed by atoms with E-state index >= 15 is 0 Å². The lowest BCUT2D eigenvalue weighted by Crippen LogP contribution is -2.32. The van der Waals surface area contributed by atoms with Crippen LogP contribution in [-0.2, 0) is 14.4 Å². The third-order valence-electron chi connectivity index (χ3n) is 20.8. The molecule has 3 nitrogen and oxygen atoms in total. The summed E-state index contributed by atoms with van der Waals surface area (Å²) >= 11 is 0. The van der Waals surface area contributed by atoms with Gasteiger partial charge in [0.15, 0.2) is 0 Å². The number of hydrogen-bond donors (Lipinski definition) is 0. The Morgan fingerprint density at radius 3 is 0.899 bits per heavy atom. The van der Waals surface area contributed by atoms with Gasteiger partial charge < -0.3 is 0 Å². The Morgan fingerprint density at radius 2 is 0.623 bits per heavy atom. The second-order valence-corrected chi connectivity index (χ2v) is 25.9. The minimum Gasteiger partial charge on any atom is -0.299 e. The van der Waals surface area contributed by atoms with Gasteiger partial charge in [-0.15, -0.1) is 0 Å². The van der Waals surface area contributed by atoms with Crippen LogP contribution in [0.15, 0.2) is 0 Å². The number of hydrogen-bond acceptors (Lipinski definition) is 3. The van der Waals surface area contributed by atoms with Crippen LogP contribution in [0.3, 0.4) is 0 Å². The maximum absolute atomic E-state index is 12.3. The lowest BCUT2D eigenvalue weighted by Gasteiger charge is -2.41. The smallest absolute Gasteiger partial charge is 0.135 e. The van der Waals surface area contributed by atoms with Crippen molar-refractivity contribution in [2.24, 2.45) is 88.8 Å². The van der Waals surface area contributed by atoms with Crippen LogP contribution in [0.2, 0.25) is 0 Å². The van der Waals surface area contributed by atoms with Crippen LogP contribution in [-0.4, -0.2) is 17.3 Å². The zero-order valence-electron chi connectivity index (χ0n) is 48.0. The normalized spacial score (nSPS) is 35.2. The molecular weight excluding hydrogens is 841 g/mol. The fourth-order valence-corrected chi connectivity index (χ4v) is 16.4. The average Bonchev–Trinajstić information content (AvgIpc) is 3.36. The topological polar surface area (TPSA) is 51.2 Å². The maximum Gasteiger partial charge on any atom is 0.135 e. The number of Topliss-reactive ketones (excluding diaryl/α,β-unsaturated/α-hetero) is 3. The highest BCUT2D eigenvalue weighted by molar-refractivity contribution is 5.81. The molecule has 0 saturated heterocycles. The second-order valence-electron chi connectivity index (χ2n) is 25.9. The van der Waals surface area contributed by atoms with Gasteiger partial charge in [-0.1, -0.05) is 165 Å². The average molecular weight is 962 g/mol. The minimum absolute atomic E-state index is 0.405. The minimum atomic E-state index is 0.405. The molecule has 6 rings (SSSR count). The van der Waals surface area contributed by atoms with Gasteiger partial charge in [-0.3, -0.25) is 14.4 Å². The molecule has 0 aromatic rings. The van der Waals surface area contributed by atoms with Gasteiger partial charge in [0, 0.05) is 37.0 Å². The Morgan fingerprint density at radius 1 is 0.319 bits per heavy atom. The van der Waals surface area contributed by atoms with E-state index in [2.05, 4.69) is 55.4 Å². The van der Waals surface area contributed by atoms with Crippen molar-refractivity contribution in [3.63, 3.8) is 0 Å². The molecule has 6 aliphatic rings. The molecular formula is C66H120O3. The van der Waals surface area contributed by atoms with Crippen molar-refractivity contribution in [3.05, 3.63) is 0 Å². The van der Waals surface area contributed by atoms with Gasteiger partial charge in [0.1, 0.15) is 17.3 Å². The van der Waals surface area contributed by atoms with Crippen LogP contribution in [0, 0.1) is 88.8 Å². The molecule has 9 unspecified atom stereocenters. The fourth-order valence-electron chi connectivity index (χ4n) is 16.4. The number of carbonyl (C=O) groups is 3. The standard InChI is InChI=1S/C23H42O.C22H40O.C21H38O/c1-4-6-8-9-19-11-16-22(18(3)17-19)20-12-14-21(15-13-20)23(24)10-7-5-2;1-4-6-7-9-18-10-15-21(17(3)16-18)19-11-13-20(14-12-19)22(23)8-5-2;1-4-6-7-8-17-9-14-20(16(3)15-17)18-10-12-19(13-11-18)21(22)5-2/h18-22H,4-17H2,1-3H3;17-21H,4-16H2,1-3H3;16-20H,4-15H2,1-3H3. The number of unbranched alkanes of at least 4 members (excludes halogenated alkanes) is 7. The Labute approximate surface area is 431 Å². The first-order chi connectivity index (χ1) is 33.5. The van der Waals surface area contributed by atoms with Gasteiger partial charge in [-0.25, -0.2) is 0 Å². The molecule has 0 heterocycles. The van der Waals surface area contributed by atoms with E-state index in [0.717, 1.165) is 110 Å². The molecule has 6 aliphatic carbocycles. The van der Waals surface area contributed by atoms with Crippen molar-refractivity contribution in [2.45, 2.75) is 313 Å². The van der Waals surface area contributed by atoms with Crippen LogP contribution in [0.1, 0.15) is 313 Å². The first kappa shape index (κ1) is 60.6. The van der Waals surface area contributed by atoms with E-state index in [1.165, 1.54) is 212 Å². The highest BCUT2D eigenvalue weighted by Gasteiger charge is 2.39. The van der Waals surface area contributed by atoms with E-state index < -0.39 is 0 Å². The predicted molar refractivity (Wildman–Crippen MR) is 298 cm³/mol. The van der Waals surface area contributed by atoms with E-state index in [0.29, 0.717) is 35.1 Å². The van der Waals surface area contributed by atoms with Gasteiger partial charge in [0.25, 0.3) is 0 Å². The highest BCUT2D eigenvalue weighted by atomic mass is 16.1. The summed E-state index contributed by atoms with van der Waals surface area (Å²) in [5, 5.41) is 0. The van der Waals surface area contributed by atoms with Crippen molar-refractivity contribution in [3.8, 4) is 0 Å². The van der Waals surface area contributed by atoms with E-state index in [9.17, 15) is 14.4 Å². The van der Waals surface area contributed by atoms with E-state index in [1.807, 2.05) is 6.92 Å². The molecule has 9 atom stereocenters. The molecule has 0 aromatic carbocycles. The summed E-state index contributed by atoms with van der Waals surface area (Å²) in [7, 11) is 0. The summed E-state index contributed by atoms with van der Waals surface area (Å²) in [6.07, 6.45) is 51.1. The summed E-state index contributed by atoms with van der Waals surface area (Å²) in [5.74, 6) is 14.3. The molecule has 0 aromatic heterocycles. The Bertz CT molecular complexity index is 1340. The molecule has 0 bridgehead atoms. The highest BCUT2D eigenvalue weighted by Crippen LogP contribution is 2.48. The molecule has 0 N–H and O–H groups in total. The van der Waals surface area contributed by atoms with Crippen LogP contribution < -0.4 is 0 Å². The zero-order valence-corrected chi connectivity index (χ0v) is 48.0. The number of carbonyl (C=O) groups excluding carboxylic acids is 3. The first-order valence-electron chi connectivity index (χ1n) is 32.0. The molecule has 69 heavy (non-hydrogen) atoms. The van der Waals surface area contributed by atoms with Crippen molar-refractivity contribution >= 4 is 17.3 Å². The van der Waals surface area contributed by atoms with E-state index in [4.69, 9.17) is 0 Å². The largest absolute Gasteiger partial charge is 0.299 e. The van der Waals surface area contributed by atoms with Gasteiger partial charge in [0.05, 0.1) is 0 Å². The first-order valence-corrected chi connectivity index (χ1v) is 32.0. The SMILES string of the molecule is CCCCCC1CCC(C2CCC(C(=O)CC)CC2)C(C)C1.CCCCCC1CCC(C2CCC(C(=O)CCC)CC2)C(C)C1.CCCCCC1CCC(C2CCC(C(=O)CCCC)CC2)C(C)C1. The quantitative estimate of drug-likeness (QED) is 0.0906. The zero-order chi connectivity index (χ0) is 50.0. The molecule has 0 aliphatic heterocycles. The summed E-state index contributed by atoms with van der Waals surface area (Å²) in [6.45, 7) is 20.8. The third kappa shape index (κ3) is 21.0. The Balaban J connectivity index is 0.000000226. The van der Waals surface area contributed by atoms with Gasteiger partial charge in [-0.2, -0.15) is 0 Å². The predicted octanol–water partition coefficient (Wildman–Crippen LogP) is 20.4. The van der Waals surface area contributed by atoms with Gasteiger partial charge in [0.2, 0.25) is 0 Å². The van der Waals surface area contributed by atoms with Crippen molar-refractivity contribution in [2.75, 3.05) is 0 Å². The van der Waals surface area contributed by atoms with Crippen LogP contribution in [0.4, 0.5) is 0 Å². The summed E-state index contributed by atoms with van der Waals surface area (Å²) in [4.78, 5) is 36.3. The fraction of sp³-hybridized carbons (Fsp3) is 0.955. The third-order valence-corrected chi connectivity index (χ3v) is 20.8. The second kappa shape index (κ2) is 34.5. The van der Waals surface area contributed by atoms with Crippen molar-refractivity contribution in [1.29, 1.82) is 0 Å². The van der Waals surface area contributed by atoms with E-state index in [-0.39, 0.29) is 0 Å². The number of rotatable bonds is 24. The molecule has 6 fully saturated rings. The summed E-state index contributed by atoms with van der Waals surface area (Å²) < 4.78 is 0. The molecule has 402 valence electrons. The van der Waals surface area contributed by atoms with Crippen LogP contribution in [0.25, 0.3) is 0 Å². The molecule has 0 spiro atoms. The molecule has 6 saturated carbocycles. The lowest BCUT2D eigenvalue weighted by atomic mass is 9.64. The summed E-state index contributed by atoms with van der Waals surface area (Å²) in [5.41, 5.74) is 0. The van der Waals surface area contributed by atoms with Crippen LogP contribution >= 0.6 is 0 Å². The van der Waals surface area contributed by atoms with Crippen molar-refractivity contribution < 1.29 is 14.4 Å². The van der Waals surface area contributed by atoms with E-state index in [1.54, 1.807) is 0 Å². The monoisotopic (exact) mass is 961 g/mol. The summed E-state index contributed by atoms with van der Waals surface area (Å²) in [6, 6.07) is 0. The van der Waals surface area contributed by atoms with Crippen LogP contribution in [0.5, 0.6) is 0 Å². The number of ketones is 3. The van der Waals surface area contributed by atoms with Gasteiger partial charge >= 0.3 is 0 Å².